The van der Waals surface area contributed by atoms with Crippen LogP contribution in [0.2, 0.25) is 5.02 Å². The van der Waals surface area contributed by atoms with E-state index in [-0.39, 0.29) is 6.04 Å². The first-order valence-electron chi connectivity index (χ1n) is 7.00. The summed E-state index contributed by atoms with van der Waals surface area (Å²) in [6.45, 7) is 2.18. The Labute approximate surface area is 140 Å². The van der Waals surface area contributed by atoms with Crippen LogP contribution in [0.25, 0.3) is 0 Å². The van der Waals surface area contributed by atoms with Gasteiger partial charge in [-0.05, 0) is 36.2 Å². The monoisotopic (exact) mass is 366 g/mol. The van der Waals surface area contributed by atoms with Gasteiger partial charge in [0.25, 0.3) is 0 Å². The summed E-state index contributed by atoms with van der Waals surface area (Å²) in [4.78, 5) is 2.04. The zero-order valence-corrected chi connectivity index (χ0v) is 14.9. The van der Waals surface area contributed by atoms with Crippen molar-refractivity contribution in [3.05, 3.63) is 57.5 Å². The van der Waals surface area contributed by atoms with Crippen molar-refractivity contribution < 1.29 is 0 Å². The first-order chi connectivity index (χ1) is 10.0. The van der Waals surface area contributed by atoms with Gasteiger partial charge in [0, 0.05) is 18.6 Å². The number of hydrogen-bond donors (Lipinski definition) is 1. The van der Waals surface area contributed by atoms with Crippen LogP contribution in [0.4, 0.5) is 11.4 Å². The maximum atomic E-state index is 6.33. The average molecular weight is 368 g/mol. The molecule has 0 aliphatic carbocycles. The summed E-state index contributed by atoms with van der Waals surface area (Å²) in [5.41, 5.74) is 3.35. The van der Waals surface area contributed by atoms with Crippen molar-refractivity contribution in [1.29, 1.82) is 0 Å². The van der Waals surface area contributed by atoms with Gasteiger partial charge in [-0.25, -0.2) is 0 Å². The largest absolute Gasteiger partial charge is 0.377 e. The van der Waals surface area contributed by atoms with Crippen LogP contribution < -0.4 is 10.2 Å². The van der Waals surface area contributed by atoms with Crippen molar-refractivity contribution in [2.45, 2.75) is 19.4 Å². The minimum Gasteiger partial charge on any atom is -0.377 e. The molecule has 112 valence electrons. The van der Waals surface area contributed by atoms with E-state index in [4.69, 9.17) is 11.6 Å². The van der Waals surface area contributed by atoms with Crippen LogP contribution in [0.3, 0.4) is 0 Å². The predicted octanol–water partition coefficient (Wildman–Crippen LogP) is 5.73. The molecule has 0 saturated heterocycles. The standard InChI is InChI=1S/C17H20BrClN2/c1-4-15(12-8-10-13(18)11-9-12)20-16-7-5-6-14(19)17(16)21(2)3/h5-11,15,20H,4H2,1-3H3. The van der Waals surface area contributed by atoms with Crippen LogP contribution in [-0.2, 0) is 0 Å². The van der Waals surface area contributed by atoms with Crippen molar-refractivity contribution in [2.75, 3.05) is 24.3 Å². The zero-order valence-electron chi connectivity index (χ0n) is 12.5. The molecule has 0 bridgehead atoms. The van der Waals surface area contributed by atoms with E-state index in [2.05, 4.69) is 58.5 Å². The topological polar surface area (TPSA) is 15.3 Å². The Balaban J connectivity index is 2.31. The van der Waals surface area contributed by atoms with Crippen molar-refractivity contribution in [3.63, 3.8) is 0 Å². The molecule has 2 rings (SSSR count). The third-order valence-electron chi connectivity index (χ3n) is 3.44. The molecule has 0 saturated carbocycles. The molecule has 0 heterocycles. The van der Waals surface area contributed by atoms with E-state index in [1.54, 1.807) is 0 Å². The Morgan fingerprint density at radius 3 is 2.38 bits per heavy atom. The summed E-state index contributed by atoms with van der Waals surface area (Å²) in [6.07, 6.45) is 1.00. The SMILES string of the molecule is CCC(Nc1cccc(Cl)c1N(C)C)c1ccc(Br)cc1. The lowest BCUT2D eigenvalue weighted by molar-refractivity contribution is 0.749. The van der Waals surface area contributed by atoms with E-state index in [0.29, 0.717) is 0 Å². The molecule has 0 fully saturated rings. The van der Waals surface area contributed by atoms with Crippen LogP contribution >= 0.6 is 27.5 Å². The molecular formula is C17H20BrClN2. The molecule has 1 N–H and O–H groups in total. The van der Waals surface area contributed by atoms with E-state index >= 15 is 0 Å². The van der Waals surface area contributed by atoms with Gasteiger partial charge in [-0.15, -0.1) is 0 Å². The van der Waals surface area contributed by atoms with Crippen LogP contribution in [-0.4, -0.2) is 14.1 Å². The molecule has 1 atom stereocenters. The highest BCUT2D eigenvalue weighted by atomic mass is 79.9. The number of hydrogen-bond acceptors (Lipinski definition) is 2. The number of anilines is 2. The van der Waals surface area contributed by atoms with Crippen molar-refractivity contribution in [3.8, 4) is 0 Å². The lowest BCUT2D eigenvalue weighted by Crippen LogP contribution is -2.15. The first-order valence-corrected chi connectivity index (χ1v) is 8.18. The number of benzene rings is 2. The Bertz CT molecular complexity index is 596. The van der Waals surface area contributed by atoms with E-state index in [1.807, 2.05) is 31.1 Å². The van der Waals surface area contributed by atoms with E-state index in [1.165, 1.54) is 5.56 Å². The highest BCUT2D eigenvalue weighted by Crippen LogP contribution is 2.35. The molecule has 1 unspecified atom stereocenters. The van der Waals surface area contributed by atoms with Crippen LogP contribution in [0.1, 0.15) is 24.9 Å². The van der Waals surface area contributed by atoms with Gasteiger partial charge < -0.3 is 10.2 Å². The van der Waals surface area contributed by atoms with Gasteiger partial charge in [0.2, 0.25) is 0 Å². The highest BCUT2D eigenvalue weighted by Gasteiger charge is 2.14. The van der Waals surface area contributed by atoms with Crippen LogP contribution in [0, 0.1) is 0 Å². The fourth-order valence-corrected chi connectivity index (χ4v) is 3.00. The molecule has 2 nitrogen and oxygen atoms in total. The predicted molar refractivity (Wildman–Crippen MR) is 96.6 cm³/mol. The summed E-state index contributed by atoms with van der Waals surface area (Å²) < 4.78 is 1.10. The minimum absolute atomic E-state index is 0.260. The Morgan fingerprint density at radius 2 is 1.81 bits per heavy atom. The number of para-hydroxylation sites is 1. The highest BCUT2D eigenvalue weighted by molar-refractivity contribution is 9.10. The summed E-state index contributed by atoms with van der Waals surface area (Å²) in [5.74, 6) is 0. The second-order valence-electron chi connectivity index (χ2n) is 5.19. The fourth-order valence-electron chi connectivity index (χ4n) is 2.39. The Kier molecular flexibility index (Phi) is 5.54. The first kappa shape index (κ1) is 16.2. The van der Waals surface area contributed by atoms with Gasteiger partial charge in [-0.2, -0.15) is 0 Å². The van der Waals surface area contributed by atoms with Gasteiger partial charge in [0.1, 0.15) is 0 Å². The molecule has 4 heteroatoms. The summed E-state index contributed by atoms with van der Waals surface area (Å²) >= 11 is 9.81. The number of halogens is 2. The normalized spacial score (nSPS) is 12.0. The molecule has 21 heavy (non-hydrogen) atoms. The maximum Gasteiger partial charge on any atom is 0.0786 e. The van der Waals surface area contributed by atoms with Gasteiger partial charge >= 0.3 is 0 Å². The molecule has 0 spiro atoms. The molecule has 0 aromatic heterocycles. The van der Waals surface area contributed by atoms with Crippen molar-refractivity contribution in [2.24, 2.45) is 0 Å². The van der Waals surface area contributed by atoms with Crippen LogP contribution in [0.15, 0.2) is 46.9 Å². The van der Waals surface area contributed by atoms with Gasteiger partial charge in [0.15, 0.2) is 0 Å². The van der Waals surface area contributed by atoms with E-state index < -0.39 is 0 Å². The summed E-state index contributed by atoms with van der Waals surface area (Å²) in [7, 11) is 4.01. The quantitative estimate of drug-likeness (QED) is 0.725. The molecule has 0 amide bonds. The zero-order chi connectivity index (χ0) is 15.4. The second-order valence-corrected chi connectivity index (χ2v) is 6.51. The van der Waals surface area contributed by atoms with Crippen molar-refractivity contribution >= 4 is 38.9 Å². The average Bonchev–Trinajstić information content (AvgIpc) is 2.45. The second kappa shape index (κ2) is 7.19. The maximum absolute atomic E-state index is 6.33. The molecule has 0 radical (unpaired) electrons. The van der Waals surface area contributed by atoms with Gasteiger partial charge in [-0.3, -0.25) is 0 Å². The summed E-state index contributed by atoms with van der Waals surface area (Å²) in [6, 6.07) is 14.7. The van der Waals surface area contributed by atoms with E-state index in [0.717, 1.165) is 27.3 Å². The number of nitrogens with zero attached hydrogens (tertiary/aromatic N) is 1. The molecular weight excluding hydrogens is 348 g/mol. The smallest absolute Gasteiger partial charge is 0.0786 e. The molecule has 0 aliphatic rings. The lowest BCUT2D eigenvalue weighted by atomic mass is 10.0. The third-order valence-corrected chi connectivity index (χ3v) is 4.28. The molecule has 2 aromatic carbocycles. The summed E-state index contributed by atoms with van der Waals surface area (Å²) in [5, 5.41) is 4.37. The van der Waals surface area contributed by atoms with Gasteiger partial charge in [0.05, 0.1) is 22.4 Å². The minimum atomic E-state index is 0.260. The molecule has 2 aromatic rings. The fraction of sp³-hybridized carbons (Fsp3) is 0.294. The third kappa shape index (κ3) is 3.92. The number of nitrogens with one attached hydrogen (secondary N) is 1. The van der Waals surface area contributed by atoms with E-state index in [9.17, 15) is 0 Å². The molecule has 0 aliphatic heterocycles. The van der Waals surface area contributed by atoms with Crippen molar-refractivity contribution in [1.82, 2.24) is 0 Å². The Morgan fingerprint density at radius 1 is 1.14 bits per heavy atom. The van der Waals surface area contributed by atoms with Gasteiger partial charge in [-0.1, -0.05) is 52.7 Å². The lowest BCUT2D eigenvalue weighted by Gasteiger charge is -2.24. The van der Waals surface area contributed by atoms with Crippen LogP contribution in [0.5, 0.6) is 0 Å². The number of rotatable bonds is 5. The Hall–Kier alpha value is -1.19.